The van der Waals surface area contributed by atoms with E-state index in [0.717, 1.165) is 6.26 Å². The van der Waals surface area contributed by atoms with Gasteiger partial charge >= 0.3 is 0 Å². The number of nitrogens with two attached hydrogens (primary N) is 1. The fourth-order valence-electron chi connectivity index (χ4n) is 0.453. The number of terminal acetylenes is 1. The molecule has 0 bridgehead atoms. The number of nitrogens with zero attached hydrogens (tertiary/aromatic N) is 1. The lowest BCUT2D eigenvalue weighted by Crippen LogP contribution is -2.10. The molecule has 10 heavy (non-hydrogen) atoms. The first-order valence-corrected chi connectivity index (χ1v) is 2.46. The molecular formula is C6H4N2O2. The van der Waals surface area contributed by atoms with Gasteiger partial charge in [0.05, 0.1) is 0 Å². The largest absolute Gasteiger partial charge is 0.438 e. The highest BCUT2D eigenvalue weighted by Gasteiger charge is 2.05. The lowest BCUT2D eigenvalue weighted by Gasteiger charge is -1.78. The molecule has 1 aromatic rings. The maximum absolute atomic E-state index is 10.4. The molecule has 0 atom stereocenters. The van der Waals surface area contributed by atoms with Crippen LogP contribution in [0, 0.1) is 12.3 Å². The van der Waals surface area contributed by atoms with Crippen LogP contribution in [-0.2, 0) is 0 Å². The highest BCUT2D eigenvalue weighted by Crippen LogP contribution is 1.97. The first-order valence-electron chi connectivity index (χ1n) is 2.46. The Morgan fingerprint density at radius 1 is 1.90 bits per heavy atom. The first-order chi connectivity index (χ1) is 4.74. The highest BCUT2D eigenvalue weighted by atomic mass is 16.3. The molecule has 1 aromatic heterocycles. The van der Waals surface area contributed by atoms with Crippen molar-refractivity contribution in [3.05, 3.63) is 17.8 Å². The minimum atomic E-state index is -0.648. The van der Waals surface area contributed by atoms with Crippen molar-refractivity contribution in [1.29, 1.82) is 0 Å². The predicted octanol–water partition coefficient (Wildman–Crippen LogP) is -0.245. The first kappa shape index (κ1) is 6.36. The van der Waals surface area contributed by atoms with Gasteiger partial charge in [0.1, 0.15) is 6.26 Å². The molecule has 0 aromatic carbocycles. The molecule has 50 valence electrons. The highest BCUT2D eigenvalue weighted by molar-refractivity contribution is 5.90. The molecule has 1 amide bonds. The zero-order chi connectivity index (χ0) is 7.56. The van der Waals surface area contributed by atoms with E-state index >= 15 is 0 Å². The molecule has 0 fully saturated rings. The summed E-state index contributed by atoms with van der Waals surface area (Å²) in [7, 11) is 0. The van der Waals surface area contributed by atoms with E-state index in [2.05, 4.69) is 15.3 Å². The SMILES string of the molecule is C#Cc1nc(C(N)=O)co1. The Labute approximate surface area is 57.0 Å². The third kappa shape index (κ3) is 0.977. The molecule has 1 heterocycles. The van der Waals surface area contributed by atoms with Gasteiger partial charge in [0.2, 0.25) is 0 Å². The van der Waals surface area contributed by atoms with E-state index < -0.39 is 5.91 Å². The maximum atomic E-state index is 10.4. The summed E-state index contributed by atoms with van der Waals surface area (Å²) in [4.78, 5) is 13.9. The van der Waals surface area contributed by atoms with Crippen LogP contribution in [0.25, 0.3) is 0 Å². The van der Waals surface area contributed by atoms with Gasteiger partial charge in [-0.1, -0.05) is 0 Å². The van der Waals surface area contributed by atoms with Crippen LogP contribution in [0.1, 0.15) is 16.4 Å². The third-order valence-electron chi connectivity index (χ3n) is 0.880. The van der Waals surface area contributed by atoms with Gasteiger partial charge in [-0.15, -0.1) is 6.42 Å². The summed E-state index contributed by atoms with van der Waals surface area (Å²) >= 11 is 0. The Balaban J connectivity index is 3.02. The molecule has 0 unspecified atom stereocenters. The molecule has 0 aliphatic rings. The van der Waals surface area contributed by atoms with E-state index in [-0.39, 0.29) is 11.6 Å². The van der Waals surface area contributed by atoms with Crippen LogP contribution in [0.5, 0.6) is 0 Å². The fraction of sp³-hybridized carbons (Fsp3) is 0. The molecule has 0 spiro atoms. The summed E-state index contributed by atoms with van der Waals surface area (Å²) in [6, 6.07) is 0. The van der Waals surface area contributed by atoms with Gasteiger partial charge in [0.15, 0.2) is 5.69 Å². The Kier molecular flexibility index (Phi) is 1.42. The van der Waals surface area contributed by atoms with E-state index in [1.165, 1.54) is 0 Å². The lowest BCUT2D eigenvalue weighted by molar-refractivity contribution is 0.0995. The zero-order valence-corrected chi connectivity index (χ0v) is 5.00. The molecule has 0 radical (unpaired) electrons. The summed E-state index contributed by atoms with van der Waals surface area (Å²) in [6.45, 7) is 0. The number of primary amides is 1. The number of carbonyl (C=O) groups is 1. The quantitative estimate of drug-likeness (QED) is 0.541. The summed E-state index contributed by atoms with van der Waals surface area (Å²) < 4.78 is 4.63. The van der Waals surface area contributed by atoms with Gasteiger partial charge in [0.25, 0.3) is 11.8 Å². The molecule has 0 saturated heterocycles. The minimum absolute atomic E-state index is 0.0490. The average molecular weight is 136 g/mol. The summed E-state index contributed by atoms with van der Waals surface area (Å²) in [5.41, 5.74) is 4.90. The fourth-order valence-corrected chi connectivity index (χ4v) is 0.453. The summed E-state index contributed by atoms with van der Waals surface area (Å²) in [5, 5.41) is 0. The van der Waals surface area contributed by atoms with Crippen molar-refractivity contribution in [3.63, 3.8) is 0 Å². The number of aromatic nitrogens is 1. The van der Waals surface area contributed by atoms with Gasteiger partial charge in [-0.3, -0.25) is 4.79 Å². The summed E-state index contributed by atoms with van der Waals surface area (Å²) in [5.74, 6) is 1.53. The molecular weight excluding hydrogens is 132 g/mol. The van der Waals surface area contributed by atoms with Crippen LogP contribution in [0.2, 0.25) is 0 Å². The van der Waals surface area contributed by atoms with Crippen LogP contribution in [-0.4, -0.2) is 10.9 Å². The zero-order valence-electron chi connectivity index (χ0n) is 5.00. The Morgan fingerprint density at radius 3 is 2.90 bits per heavy atom. The Bertz CT molecular complexity index is 295. The molecule has 0 aliphatic carbocycles. The third-order valence-corrected chi connectivity index (χ3v) is 0.880. The van der Waals surface area contributed by atoms with Crippen LogP contribution in [0.3, 0.4) is 0 Å². The van der Waals surface area contributed by atoms with Gasteiger partial charge in [-0.25, -0.2) is 0 Å². The Morgan fingerprint density at radius 2 is 2.60 bits per heavy atom. The molecule has 4 nitrogen and oxygen atoms in total. The Hall–Kier alpha value is -1.76. The molecule has 0 aliphatic heterocycles. The van der Waals surface area contributed by atoms with Crippen molar-refractivity contribution in [2.24, 2.45) is 5.73 Å². The number of rotatable bonds is 1. The van der Waals surface area contributed by atoms with E-state index in [4.69, 9.17) is 12.2 Å². The van der Waals surface area contributed by atoms with Crippen molar-refractivity contribution in [3.8, 4) is 12.3 Å². The second-order valence-corrected chi connectivity index (χ2v) is 1.55. The number of oxazole rings is 1. The average Bonchev–Trinajstić information content (AvgIpc) is 2.34. The number of hydrogen-bond donors (Lipinski definition) is 1. The molecule has 2 N–H and O–H groups in total. The van der Waals surface area contributed by atoms with Crippen molar-refractivity contribution < 1.29 is 9.21 Å². The maximum Gasteiger partial charge on any atom is 0.273 e. The standard InChI is InChI=1S/C6H4N2O2/c1-2-5-8-4(3-10-5)6(7)9/h1,3H,(H2,7,9). The number of hydrogen-bond acceptors (Lipinski definition) is 3. The van der Waals surface area contributed by atoms with Crippen LogP contribution < -0.4 is 5.73 Å². The smallest absolute Gasteiger partial charge is 0.273 e. The van der Waals surface area contributed by atoms with Crippen LogP contribution in [0.4, 0.5) is 0 Å². The van der Waals surface area contributed by atoms with Crippen molar-refractivity contribution in [2.45, 2.75) is 0 Å². The molecule has 1 rings (SSSR count). The monoisotopic (exact) mass is 136 g/mol. The van der Waals surface area contributed by atoms with Crippen molar-refractivity contribution >= 4 is 5.91 Å². The van der Waals surface area contributed by atoms with Crippen molar-refractivity contribution in [1.82, 2.24) is 4.98 Å². The van der Waals surface area contributed by atoms with Crippen molar-refractivity contribution in [2.75, 3.05) is 0 Å². The van der Waals surface area contributed by atoms with Crippen LogP contribution in [0.15, 0.2) is 10.7 Å². The van der Waals surface area contributed by atoms with E-state index in [0.29, 0.717) is 0 Å². The van der Waals surface area contributed by atoms with E-state index in [1.807, 2.05) is 0 Å². The van der Waals surface area contributed by atoms with E-state index in [9.17, 15) is 4.79 Å². The topological polar surface area (TPSA) is 69.1 Å². The second-order valence-electron chi connectivity index (χ2n) is 1.55. The minimum Gasteiger partial charge on any atom is -0.438 e. The molecule has 0 saturated carbocycles. The van der Waals surface area contributed by atoms with Gasteiger partial charge in [0, 0.05) is 0 Å². The van der Waals surface area contributed by atoms with Gasteiger partial charge < -0.3 is 10.2 Å². The number of amides is 1. The lowest BCUT2D eigenvalue weighted by atomic mass is 10.5. The molecule has 4 heteroatoms. The van der Waals surface area contributed by atoms with E-state index in [1.54, 1.807) is 0 Å². The van der Waals surface area contributed by atoms with Crippen LogP contribution >= 0.6 is 0 Å². The van der Waals surface area contributed by atoms with Gasteiger partial charge in [-0.05, 0) is 5.92 Å². The summed E-state index contributed by atoms with van der Waals surface area (Å²) in [6.07, 6.45) is 6.03. The van der Waals surface area contributed by atoms with Gasteiger partial charge in [-0.2, -0.15) is 4.98 Å². The second kappa shape index (κ2) is 2.23. The predicted molar refractivity (Wildman–Crippen MR) is 33.0 cm³/mol. The number of carbonyl (C=O) groups excluding carboxylic acids is 1. The normalized spacial score (nSPS) is 8.70.